The summed E-state index contributed by atoms with van der Waals surface area (Å²) in [4.78, 5) is 0. The van der Waals surface area contributed by atoms with E-state index in [-0.39, 0.29) is 12.0 Å². The molecule has 0 aliphatic carbocycles. The van der Waals surface area contributed by atoms with E-state index in [9.17, 15) is 5.11 Å². The van der Waals surface area contributed by atoms with E-state index in [1.807, 2.05) is 18.2 Å². The SMILES string of the molecule is CCC(CC)(CO)CNc1cccc(Br)c1COC. The predicted octanol–water partition coefficient (Wildman–Crippen LogP) is 3.81. The quantitative estimate of drug-likeness (QED) is 0.762. The highest BCUT2D eigenvalue weighted by Gasteiger charge is 2.25. The molecule has 0 atom stereocenters. The Kier molecular flexibility index (Phi) is 6.83. The van der Waals surface area contributed by atoms with Gasteiger partial charge in [-0.25, -0.2) is 0 Å². The Hall–Kier alpha value is -0.580. The van der Waals surface area contributed by atoms with Crippen LogP contribution in [0.3, 0.4) is 0 Å². The standard InChI is InChI=1S/C15H24BrNO2/c1-4-15(5-2,11-18)10-17-14-8-6-7-13(16)12(14)9-19-3/h6-8,17-18H,4-5,9-11H2,1-3H3. The number of aliphatic hydroxyl groups excluding tert-OH is 1. The van der Waals surface area contributed by atoms with Crippen molar-refractivity contribution in [2.45, 2.75) is 33.3 Å². The van der Waals surface area contributed by atoms with Gasteiger partial charge in [-0.1, -0.05) is 35.8 Å². The van der Waals surface area contributed by atoms with Crippen LogP contribution in [0, 0.1) is 5.41 Å². The first kappa shape index (κ1) is 16.5. The van der Waals surface area contributed by atoms with Crippen LogP contribution in [0.15, 0.2) is 22.7 Å². The molecule has 0 saturated carbocycles. The van der Waals surface area contributed by atoms with Gasteiger partial charge in [0.05, 0.1) is 13.2 Å². The third kappa shape index (κ3) is 4.20. The molecule has 0 aromatic heterocycles. The number of halogens is 1. The summed E-state index contributed by atoms with van der Waals surface area (Å²) < 4.78 is 6.28. The molecule has 0 saturated heterocycles. The maximum atomic E-state index is 9.61. The molecular weight excluding hydrogens is 306 g/mol. The Balaban J connectivity index is 2.85. The van der Waals surface area contributed by atoms with Crippen LogP contribution in [0.2, 0.25) is 0 Å². The first-order valence-corrected chi connectivity index (χ1v) is 7.52. The molecule has 0 aliphatic heterocycles. The second-order valence-corrected chi connectivity index (χ2v) is 5.77. The highest BCUT2D eigenvalue weighted by Crippen LogP contribution is 2.29. The molecule has 2 N–H and O–H groups in total. The number of hydrogen-bond donors (Lipinski definition) is 2. The van der Waals surface area contributed by atoms with E-state index in [4.69, 9.17) is 4.74 Å². The normalized spacial score (nSPS) is 11.6. The lowest BCUT2D eigenvalue weighted by Crippen LogP contribution is -2.32. The molecule has 1 aromatic carbocycles. The fourth-order valence-corrected chi connectivity index (χ4v) is 2.56. The summed E-state index contributed by atoms with van der Waals surface area (Å²) in [5, 5.41) is 13.1. The van der Waals surface area contributed by atoms with E-state index in [0.717, 1.165) is 35.1 Å². The van der Waals surface area contributed by atoms with Gasteiger partial charge in [-0.3, -0.25) is 0 Å². The molecule has 1 aromatic rings. The molecule has 19 heavy (non-hydrogen) atoms. The average Bonchev–Trinajstić information content (AvgIpc) is 2.44. The molecule has 0 bridgehead atoms. The minimum absolute atomic E-state index is 0.0489. The summed E-state index contributed by atoms with van der Waals surface area (Å²) in [5.41, 5.74) is 2.13. The number of methoxy groups -OCH3 is 1. The lowest BCUT2D eigenvalue weighted by molar-refractivity contribution is 0.127. The fraction of sp³-hybridized carbons (Fsp3) is 0.600. The van der Waals surface area contributed by atoms with Crippen LogP contribution >= 0.6 is 15.9 Å². The van der Waals surface area contributed by atoms with Crippen LogP contribution in [0.25, 0.3) is 0 Å². The second-order valence-electron chi connectivity index (χ2n) is 4.92. The van der Waals surface area contributed by atoms with E-state index in [2.05, 4.69) is 35.1 Å². The molecule has 0 aliphatic rings. The summed E-state index contributed by atoms with van der Waals surface area (Å²) in [6.45, 7) is 5.79. The van der Waals surface area contributed by atoms with Crippen LogP contribution in [0.5, 0.6) is 0 Å². The van der Waals surface area contributed by atoms with Crippen molar-refractivity contribution in [3.63, 3.8) is 0 Å². The molecule has 1 rings (SSSR count). The lowest BCUT2D eigenvalue weighted by Gasteiger charge is -2.30. The zero-order valence-electron chi connectivity index (χ0n) is 12.0. The van der Waals surface area contributed by atoms with E-state index >= 15 is 0 Å². The van der Waals surface area contributed by atoms with Crippen molar-refractivity contribution in [3.8, 4) is 0 Å². The number of aliphatic hydroxyl groups is 1. The maximum absolute atomic E-state index is 9.61. The second kappa shape index (κ2) is 7.88. The zero-order valence-corrected chi connectivity index (χ0v) is 13.6. The van der Waals surface area contributed by atoms with Crippen molar-refractivity contribution in [1.82, 2.24) is 0 Å². The number of anilines is 1. The monoisotopic (exact) mass is 329 g/mol. The highest BCUT2D eigenvalue weighted by atomic mass is 79.9. The van der Waals surface area contributed by atoms with Gasteiger partial charge in [0.15, 0.2) is 0 Å². The first-order valence-electron chi connectivity index (χ1n) is 6.73. The summed E-state index contributed by atoms with van der Waals surface area (Å²) >= 11 is 3.55. The Morgan fingerprint density at radius 1 is 1.32 bits per heavy atom. The van der Waals surface area contributed by atoms with E-state index < -0.39 is 0 Å². The van der Waals surface area contributed by atoms with Crippen LogP contribution in [0.4, 0.5) is 5.69 Å². The van der Waals surface area contributed by atoms with E-state index in [0.29, 0.717) is 6.61 Å². The van der Waals surface area contributed by atoms with E-state index in [1.54, 1.807) is 7.11 Å². The van der Waals surface area contributed by atoms with Crippen LogP contribution in [0.1, 0.15) is 32.3 Å². The van der Waals surface area contributed by atoms with Crippen molar-refractivity contribution in [2.75, 3.05) is 25.6 Å². The maximum Gasteiger partial charge on any atom is 0.0744 e. The van der Waals surface area contributed by atoms with Gasteiger partial charge in [0, 0.05) is 34.8 Å². The van der Waals surface area contributed by atoms with Crippen LogP contribution < -0.4 is 5.32 Å². The lowest BCUT2D eigenvalue weighted by atomic mass is 9.83. The summed E-state index contributed by atoms with van der Waals surface area (Å²) in [6, 6.07) is 6.06. The average molecular weight is 330 g/mol. The molecule has 0 unspecified atom stereocenters. The van der Waals surface area contributed by atoms with Gasteiger partial charge >= 0.3 is 0 Å². The Morgan fingerprint density at radius 2 is 2.00 bits per heavy atom. The third-order valence-corrected chi connectivity index (χ3v) is 4.64. The van der Waals surface area contributed by atoms with Crippen molar-refractivity contribution >= 4 is 21.6 Å². The van der Waals surface area contributed by atoms with Crippen molar-refractivity contribution in [1.29, 1.82) is 0 Å². The molecule has 0 amide bonds. The zero-order chi connectivity index (χ0) is 14.3. The summed E-state index contributed by atoms with van der Waals surface area (Å²) in [7, 11) is 1.69. The number of nitrogens with one attached hydrogen (secondary N) is 1. The van der Waals surface area contributed by atoms with Crippen molar-refractivity contribution < 1.29 is 9.84 Å². The van der Waals surface area contributed by atoms with Gasteiger partial charge < -0.3 is 15.2 Å². The molecule has 0 spiro atoms. The topological polar surface area (TPSA) is 41.5 Å². The molecule has 3 nitrogen and oxygen atoms in total. The molecule has 0 heterocycles. The van der Waals surface area contributed by atoms with Gasteiger partial charge in [-0.15, -0.1) is 0 Å². The molecular formula is C15H24BrNO2. The largest absolute Gasteiger partial charge is 0.396 e. The van der Waals surface area contributed by atoms with Crippen molar-refractivity contribution in [2.24, 2.45) is 5.41 Å². The van der Waals surface area contributed by atoms with Gasteiger partial charge in [-0.2, -0.15) is 0 Å². The van der Waals surface area contributed by atoms with Gasteiger partial charge in [0.25, 0.3) is 0 Å². The Labute approximate surface area is 124 Å². The number of benzene rings is 1. The minimum atomic E-state index is -0.0489. The first-order chi connectivity index (χ1) is 9.12. The van der Waals surface area contributed by atoms with Crippen molar-refractivity contribution in [3.05, 3.63) is 28.2 Å². The van der Waals surface area contributed by atoms with Gasteiger partial charge in [0.2, 0.25) is 0 Å². The number of ether oxygens (including phenoxy) is 1. The minimum Gasteiger partial charge on any atom is -0.396 e. The van der Waals surface area contributed by atoms with E-state index in [1.165, 1.54) is 0 Å². The fourth-order valence-electron chi connectivity index (χ4n) is 2.08. The molecule has 0 fully saturated rings. The van der Waals surface area contributed by atoms with Gasteiger partial charge in [0.1, 0.15) is 0 Å². The Morgan fingerprint density at radius 3 is 2.53 bits per heavy atom. The molecule has 4 heteroatoms. The smallest absolute Gasteiger partial charge is 0.0744 e. The van der Waals surface area contributed by atoms with Crippen LogP contribution in [-0.2, 0) is 11.3 Å². The number of hydrogen-bond acceptors (Lipinski definition) is 3. The predicted molar refractivity (Wildman–Crippen MR) is 83.4 cm³/mol. The molecule has 0 radical (unpaired) electrons. The summed E-state index contributed by atoms with van der Waals surface area (Å²) in [5.74, 6) is 0. The highest BCUT2D eigenvalue weighted by molar-refractivity contribution is 9.10. The Bertz CT molecular complexity index is 383. The summed E-state index contributed by atoms with van der Waals surface area (Å²) in [6.07, 6.45) is 1.92. The number of rotatable bonds is 8. The van der Waals surface area contributed by atoms with Crippen LogP contribution in [-0.4, -0.2) is 25.4 Å². The third-order valence-electron chi connectivity index (χ3n) is 3.90. The van der Waals surface area contributed by atoms with Gasteiger partial charge in [-0.05, 0) is 25.0 Å². The molecule has 108 valence electrons.